The SMILES string of the molecule is COc1ccc(CN(C)C(C)(C)C(=O)O)c(Cl)c1OC. The van der Waals surface area contributed by atoms with Crippen molar-refractivity contribution in [3.8, 4) is 11.5 Å². The molecule has 0 spiro atoms. The van der Waals surface area contributed by atoms with Crippen molar-refractivity contribution in [1.29, 1.82) is 0 Å². The molecule has 0 unspecified atom stereocenters. The summed E-state index contributed by atoms with van der Waals surface area (Å²) in [6, 6.07) is 3.56. The largest absolute Gasteiger partial charge is 0.493 e. The van der Waals surface area contributed by atoms with E-state index < -0.39 is 11.5 Å². The Bertz CT molecular complexity index is 502. The molecule has 112 valence electrons. The maximum absolute atomic E-state index is 11.2. The van der Waals surface area contributed by atoms with Crippen LogP contribution in [0.5, 0.6) is 11.5 Å². The number of likely N-dealkylation sites (N-methyl/N-ethyl adjacent to an activating group) is 1. The topological polar surface area (TPSA) is 59.0 Å². The van der Waals surface area contributed by atoms with E-state index >= 15 is 0 Å². The standard InChI is InChI=1S/C14H20ClNO4/c1-14(2,13(17)18)16(3)8-9-6-7-10(19-4)12(20-5)11(9)15/h6-7H,8H2,1-5H3,(H,17,18). The molecule has 0 bridgehead atoms. The zero-order valence-corrected chi connectivity index (χ0v) is 13.1. The van der Waals surface area contributed by atoms with Crippen LogP contribution in [0.4, 0.5) is 0 Å². The maximum Gasteiger partial charge on any atom is 0.323 e. The van der Waals surface area contributed by atoms with Gasteiger partial charge in [-0.2, -0.15) is 0 Å². The van der Waals surface area contributed by atoms with E-state index in [2.05, 4.69) is 0 Å². The van der Waals surface area contributed by atoms with Crippen LogP contribution in [0.1, 0.15) is 19.4 Å². The van der Waals surface area contributed by atoms with Crippen molar-refractivity contribution >= 4 is 17.6 Å². The number of ether oxygens (including phenoxy) is 2. The van der Waals surface area contributed by atoms with Crippen LogP contribution in [0, 0.1) is 0 Å². The average molecular weight is 302 g/mol. The molecule has 0 aliphatic carbocycles. The lowest BCUT2D eigenvalue weighted by Gasteiger charge is -2.31. The van der Waals surface area contributed by atoms with Gasteiger partial charge in [-0.25, -0.2) is 0 Å². The molecule has 1 aromatic rings. The number of aliphatic carboxylic acids is 1. The number of carbonyl (C=O) groups is 1. The number of carboxylic acid groups (broad SMARTS) is 1. The van der Waals surface area contributed by atoms with E-state index in [1.807, 2.05) is 0 Å². The van der Waals surface area contributed by atoms with Gasteiger partial charge in [0.05, 0.1) is 19.2 Å². The van der Waals surface area contributed by atoms with Crippen LogP contribution in [0.25, 0.3) is 0 Å². The molecular formula is C14H20ClNO4. The molecule has 0 aliphatic heterocycles. The molecular weight excluding hydrogens is 282 g/mol. The molecule has 0 aromatic heterocycles. The summed E-state index contributed by atoms with van der Waals surface area (Å²) in [5.41, 5.74) is -0.211. The Labute approximate surface area is 124 Å². The lowest BCUT2D eigenvalue weighted by molar-refractivity contribution is -0.148. The molecule has 1 N–H and O–H groups in total. The van der Waals surface area contributed by atoms with Crippen LogP contribution in [0.3, 0.4) is 0 Å². The van der Waals surface area contributed by atoms with Crippen LogP contribution >= 0.6 is 11.6 Å². The molecule has 20 heavy (non-hydrogen) atoms. The smallest absolute Gasteiger partial charge is 0.323 e. The van der Waals surface area contributed by atoms with Crippen molar-refractivity contribution < 1.29 is 19.4 Å². The van der Waals surface area contributed by atoms with Gasteiger partial charge in [-0.15, -0.1) is 0 Å². The quantitative estimate of drug-likeness (QED) is 0.875. The van der Waals surface area contributed by atoms with Crippen molar-refractivity contribution in [1.82, 2.24) is 4.90 Å². The normalized spacial score (nSPS) is 11.6. The van der Waals surface area contributed by atoms with Gasteiger partial charge in [-0.05, 0) is 32.5 Å². The van der Waals surface area contributed by atoms with Crippen LogP contribution < -0.4 is 9.47 Å². The van der Waals surface area contributed by atoms with Gasteiger partial charge >= 0.3 is 5.97 Å². The lowest BCUT2D eigenvalue weighted by Crippen LogP contribution is -2.47. The van der Waals surface area contributed by atoms with Crippen molar-refractivity contribution in [3.05, 3.63) is 22.7 Å². The number of carboxylic acids is 1. The second-order valence-electron chi connectivity index (χ2n) is 4.99. The van der Waals surface area contributed by atoms with Gasteiger partial charge in [0, 0.05) is 6.54 Å². The van der Waals surface area contributed by atoms with Gasteiger partial charge in [0.25, 0.3) is 0 Å². The minimum atomic E-state index is -0.990. The molecule has 1 aromatic carbocycles. The predicted octanol–water partition coefficient (Wildman–Crippen LogP) is 2.65. The summed E-state index contributed by atoms with van der Waals surface area (Å²) in [5.74, 6) is 0.103. The first-order chi connectivity index (χ1) is 9.25. The van der Waals surface area contributed by atoms with Gasteiger partial charge in [0.2, 0.25) is 0 Å². The molecule has 0 atom stereocenters. The van der Waals surface area contributed by atoms with Gasteiger partial charge in [-0.1, -0.05) is 17.7 Å². The highest BCUT2D eigenvalue weighted by Crippen LogP contribution is 2.38. The van der Waals surface area contributed by atoms with E-state index in [9.17, 15) is 9.90 Å². The molecule has 5 nitrogen and oxygen atoms in total. The fraction of sp³-hybridized carbons (Fsp3) is 0.500. The number of halogens is 1. The zero-order chi connectivity index (χ0) is 15.5. The molecule has 0 heterocycles. The van der Waals surface area contributed by atoms with Crippen LogP contribution in [-0.4, -0.2) is 42.8 Å². The molecule has 0 saturated heterocycles. The Morgan fingerprint density at radius 2 is 1.95 bits per heavy atom. The Morgan fingerprint density at radius 1 is 1.35 bits per heavy atom. The first kappa shape index (κ1) is 16.6. The highest BCUT2D eigenvalue weighted by molar-refractivity contribution is 6.33. The fourth-order valence-electron chi connectivity index (χ4n) is 1.67. The summed E-state index contributed by atoms with van der Waals surface area (Å²) >= 11 is 6.29. The van der Waals surface area contributed by atoms with E-state index in [1.165, 1.54) is 14.2 Å². The molecule has 0 fully saturated rings. The number of hydrogen-bond donors (Lipinski definition) is 1. The molecule has 6 heteroatoms. The first-order valence-electron chi connectivity index (χ1n) is 6.09. The van der Waals surface area contributed by atoms with Crippen molar-refractivity contribution in [3.63, 3.8) is 0 Å². The third-order valence-corrected chi connectivity index (χ3v) is 3.86. The van der Waals surface area contributed by atoms with E-state index in [4.69, 9.17) is 21.1 Å². The predicted molar refractivity (Wildman–Crippen MR) is 77.7 cm³/mol. The van der Waals surface area contributed by atoms with Crippen LogP contribution in [-0.2, 0) is 11.3 Å². The number of benzene rings is 1. The van der Waals surface area contributed by atoms with E-state index in [0.29, 0.717) is 23.1 Å². The molecule has 1 rings (SSSR count). The summed E-state index contributed by atoms with van der Waals surface area (Å²) < 4.78 is 10.4. The minimum absolute atomic E-state index is 0.387. The summed E-state index contributed by atoms with van der Waals surface area (Å²) in [6.45, 7) is 3.67. The van der Waals surface area contributed by atoms with Crippen LogP contribution in [0.2, 0.25) is 5.02 Å². The molecule has 0 aliphatic rings. The Morgan fingerprint density at radius 3 is 2.40 bits per heavy atom. The van der Waals surface area contributed by atoms with Gasteiger partial charge in [0.1, 0.15) is 5.54 Å². The third-order valence-electron chi connectivity index (χ3n) is 3.45. The number of methoxy groups -OCH3 is 2. The van der Waals surface area contributed by atoms with Crippen molar-refractivity contribution in [2.24, 2.45) is 0 Å². The maximum atomic E-state index is 11.2. The summed E-state index contributed by atoms with van der Waals surface area (Å²) in [5, 5.41) is 9.65. The molecule has 0 radical (unpaired) electrons. The minimum Gasteiger partial charge on any atom is -0.493 e. The first-order valence-corrected chi connectivity index (χ1v) is 6.47. The van der Waals surface area contributed by atoms with Crippen molar-refractivity contribution in [2.75, 3.05) is 21.3 Å². The van der Waals surface area contributed by atoms with E-state index in [0.717, 1.165) is 5.56 Å². The van der Waals surface area contributed by atoms with Gasteiger partial charge in [0.15, 0.2) is 11.5 Å². The lowest BCUT2D eigenvalue weighted by atomic mass is 10.0. The number of nitrogens with zero attached hydrogens (tertiary/aromatic N) is 1. The van der Waals surface area contributed by atoms with Gasteiger partial charge in [-0.3, -0.25) is 9.69 Å². The zero-order valence-electron chi connectivity index (χ0n) is 12.4. The van der Waals surface area contributed by atoms with Crippen LogP contribution in [0.15, 0.2) is 12.1 Å². The fourth-order valence-corrected chi connectivity index (χ4v) is 1.96. The number of rotatable bonds is 6. The monoisotopic (exact) mass is 301 g/mol. The Balaban J connectivity index is 3.08. The Hall–Kier alpha value is -1.46. The molecule has 0 amide bonds. The second-order valence-corrected chi connectivity index (χ2v) is 5.37. The van der Waals surface area contributed by atoms with E-state index in [-0.39, 0.29) is 0 Å². The van der Waals surface area contributed by atoms with Gasteiger partial charge < -0.3 is 14.6 Å². The highest BCUT2D eigenvalue weighted by Gasteiger charge is 2.32. The van der Waals surface area contributed by atoms with Crippen molar-refractivity contribution in [2.45, 2.75) is 25.9 Å². The highest BCUT2D eigenvalue weighted by atomic mass is 35.5. The summed E-state index contributed by atoms with van der Waals surface area (Å²) in [6.07, 6.45) is 0. The number of hydrogen-bond acceptors (Lipinski definition) is 4. The Kier molecular flexibility index (Phi) is 5.25. The average Bonchev–Trinajstić information content (AvgIpc) is 2.40. The van der Waals surface area contributed by atoms with E-state index in [1.54, 1.807) is 37.9 Å². The third kappa shape index (κ3) is 3.16. The summed E-state index contributed by atoms with van der Waals surface area (Å²) in [4.78, 5) is 13.0. The summed E-state index contributed by atoms with van der Waals surface area (Å²) in [7, 11) is 4.78. The molecule has 0 saturated carbocycles. The second kappa shape index (κ2) is 6.33.